The first-order valence-electron chi connectivity index (χ1n) is 5.49. The minimum atomic E-state index is -2.23. The van der Waals surface area contributed by atoms with E-state index in [2.05, 4.69) is 5.32 Å². The Hall–Kier alpha value is -0.260. The van der Waals surface area contributed by atoms with Crippen LogP contribution in [0.4, 0.5) is 8.78 Å². The summed E-state index contributed by atoms with van der Waals surface area (Å²) in [4.78, 5) is 1.80. The Morgan fingerprint density at radius 2 is 2.00 bits per heavy atom. The van der Waals surface area contributed by atoms with Crippen LogP contribution in [0.5, 0.6) is 0 Å². The highest BCUT2D eigenvalue weighted by atomic mass is 19.3. The molecule has 0 unspecified atom stereocenters. The highest BCUT2D eigenvalue weighted by Gasteiger charge is 2.21. The number of alkyl halides is 2. The van der Waals surface area contributed by atoms with E-state index in [4.69, 9.17) is 5.11 Å². The molecule has 3 nitrogen and oxygen atoms in total. The largest absolute Gasteiger partial charge is 0.395 e. The lowest BCUT2D eigenvalue weighted by molar-refractivity contribution is 0.0713. The van der Waals surface area contributed by atoms with Crippen LogP contribution in [0, 0.1) is 0 Å². The number of nitrogens with one attached hydrogen (secondary N) is 1. The molecule has 1 aliphatic heterocycles. The van der Waals surface area contributed by atoms with E-state index in [1.807, 2.05) is 6.92 Å². The van der Waals surface area contributed by atoms with Crippen molar-refractivity contribution in [3.8, 4) is 0 Å². The van der Waals surface area contributed by atoms with Gasteiger partial charge in [-0.1, -0.05) is 0 Å². The maximum atomic E-state index is 12.1. The molecule has 1 atom stereocenters. The van der Waals surface area contributed by atoms with Crippen molar-refractivity contribution < 1.29 is 13.9 Å². The predicted octanol–water partition coefficient (Wildman–Crippen LogP) is 0.686. The minimum Gasteiger partial charge on any atom is -0.395 e. The van der Waals surface area contributed by atoms with E-state index >= 15 is 0 Å². The highest BCUT2D eigenvalue weighted by Crippen LogP contribution is 2.12. The summed E-state index contributed by atoms with van der Waals surface area (Å²) in [5, 5.41) is 12.1. The summed E-state index contributed by atoms with van der Waals surface area (Å²) in [6, 6.07) is 0.456. The summed E-state index contributed by atoms with van der Waals surface area (Å²) in [6.07, 6.45) is -0.459. The first-order chi connectivity index (χ1) is 7.11. The van der Waals surface area contributed by atoms with Gasteiger partial charge in [0.15, 0.2) is 0 Å². The number of likely N-dealkylation sites (tertiary alicyclic amines) is 1. The van der Waals surface area contributed by atoms with Crippen LogP contribution in [0.15, 0.2) is 0 Å². The van der Waals surface area contributed by atoms with Crippen molar-refractivity contribution in [2.75, 3.05) is 26.2 Å². The monoisotopic (exact) mass is 222 g/mol. The SMILES string of the molecule is C[C@@H](CO)NC1CCN(CC(F)F)CC1. The third kappa shape index (κ3) is 4.86. The first kappa shape index (κ1) is 12.8. The molecule has 0 amide bonds. The van der Waals surface area contributed by atoms with Crippen LogP contribution in [-0.2, 0) is 0 Å². The summed E-state index contributed by atoms with van der Waals surface area (Å²) in [5.74, 6) is 0. The molecule has 1 fully saturated rings. The number of piperidine rings is 1. The summed E-state index contributed by atoms with van der Waals surface area (Å²) < 4.78 is 24.2. The molecule has 0 aromatic heterocycles. The maximum absolute atomic E-state index is 12.1. The lowest BCUT2D eigenvalue weighted by atomic mass is 10.0. The number of hydrogen-bond donors (Lipinski definition) is 2. The summed E-state index contributed by atoms with van der Waals surface area (Å²) >= 11 is 0. The topological polar surface area (TPSA) is 35.5 Å². The molecule has 15 heavy (non-hydrogen) atoms. The van der Waals surface area contributed by atoms with E-state index < -0.39 is 6.43 Å². The molecule has 0 saturated carbocycles. The lowest BCUT2D eigenvalue weighted by Crippen LogP contribution is -2.47. The molecule has 90 valence electrons. The molecule has 0 aromatic rings. The second-order valence-corrected chi connectivity index (χ2v) is 4.22. The molecule has 0 radical (unpaired) electrons. The zero-order valence-electron chi connectivity index (χ0n) is 9.13. The van der Waals surface area contributed by atoms with Crippen LogP contribution in [0.2, 0.25) is 0 Å². The van der Waals surface area contributed by atoms with E-state index in [1.54, 1.807) is 4.90 Å². The van der Waals surface area contributed by atoms with Gasteiger partial charge in [0.05, 0.1) is 13.2 Å². The second-order valence-electron chi connectivity index (χ2n) is 4.22. The van der Waals surface area contributed by atoms with Crippen LogP contribution in [0.25, 0.3) is 0 Å². The van der Waals surface area contributed by atoms with Crippen molar-refractivity contribution in [2.45, 2.75) is 38.3 Å². The normalized spacial score (nSPS) is 22.2. The van der Waals surface area contributed by atoms with Crippen LogP contribution in [-0.4, -0.2) is 54.8 Å². The Bertz CT molecular complexity index is 173. The van der Waals surface area contributed by atoms with Crippen molar-refractivity contribution in [1.82, 2.24) is 10.2 Å². The number of aliphatic hydroxyl groups excluding tert-OH is 1. The first-order valence-corrected chi connectivity index (χ1v) is 5.49. The van der Waals surface area contributed by atoms with Gasteiger partial charge in [-0.3, -0.25) is 4.90 Å². The van der Waals surface area contributed by atoms with Gasteiger partial charge in [-0.15, -0.1) is 0 Å². The van der Waals surface area contributed by atoms with Crippen LogP contribution in [0.3, 0.4) is 0 Å². The van der Waals surface area contributed by atoms with Crippen molar-refractivity contribution in [2.24, 2.45) is 0 Å². The van der Waals surface area contributed by atoms with Gasteiger partial charge in [0.1, 0.15) is 0 Å². The fraction of sp³-hybridized carbons (Fsp3) is 1.00. The van der Waals surface area contributed by atoms with Crippen molar-refractivity contribution in [3.63, 3.8) is 0 Å². The molecule has 0 bridgehead atoms. The van der Waals surface area contributed by atoms with Gasteiger partial charge >= 0.3 is 0 Å². The second kappa shape index (κ2) is 6.35. The minimum absolute atomic E-state index is 0.0941. The molecule has 0 spiro atoms. The molecule has 0 aliphatic carbocycles. The third-order valence-corrected chi connectivity index (χ3v) is 2.78. The molecule has 5 heteroatoms. The maximum Gasteiger partial charge on any atom is 0.251 e. The smallest absolute Gasteiger partial charge is 0.251 e. The zero-order chi connectivity index (χ0) is 11.3. The predicted molar refractivity (Wildman–Crippen MR) is 55.1 cm³/mol. The van der Waals surface area contributed by atoms with Gasteiger partial charge in [0.2, 0.25) is 0 Å². The van der Waals surface area contributed by atoms with Crippen molar-refractivity contribution in [1.29, 1.82) is 0 Å². The quantitative estimate of drug-likeness (QED) is 0.718. The molecule has 1 saturated heterocycles. The molecule has 0 aromatic carbocycles. The standard InChI is InChI=1S/C10H20F2N2O/c1-8(7-15)13-9-2-4-14(5-3-9)6-10(11)12/h8-10,13,15H,2-7H2,1H3/t8-/m0/s1. The fourth-order valence-electron chi connectivity index (χ4n) is 1.93. The lowest BCUT2D eigenvalue weighted by Gasteiger charge is -2.33. The molecule has 1 rings (SSSR count). The summed E-state index contributed by atoms with van der Waals surface area (Å²) in [5.41, 5.74) is 0. The van der Waals surface area contributed by atoms with Crippen LogP contribution in [0.1, 0.15) is 19.8 Å². The van der Waals surface area contributed by atoms with Gasteiger partial charge in [0.25, 0.3) is 6.43 Å². The van der Waals surface area contributed by atoms with Crippen molar-refractivity contribution in [3.05, 3.63) is 0 Å². The molecule has 1 heterocycles. The number of nitrogens with zero attached hydrogens (tertiary/aromatic N) is 1. The van der Waals surface area contributed by atoms with E-state index in [-0.39, 0.29) is 19.2 Å². The van der Waals surface area contributed by atoms with Crippen molar-refractivity contribution >= 4 is 0 Å². The van der Waals surface area contributed by atoms with Gasteiger partial charge < -0.3 is 10.4 Å². The van der Waals surface area contributed by atoms with Gasteiger partial charge in [0, 0.05) is 12.1 Å². The van der Waals surface area contributed by atoms with E-state index in [9.17, 15) is 8.78 Å². The summed E-state index contributed by atoms with van der Waals surface area (Å²) in [6.45, 7) is 3.38. The Kier molecular flexibility index (Phi) is 5.42. The fourth-order valence-corrected chi connectivity index (χ4v) is 1.93. The Balaban J connectivity index is 2.18. The number of halogens is 2. The molecular weight excluding hydrogens is 202 g/mol. The highest BCUT2D eigenvalue weighted by molar-refractivity contribution is 4.79. The zero-order valence-corrected chi connectivity index (χ0v) is 9.13. The molecular formula is C10H20F2N2O. The number of rotatable bonds is 5. The van der Waals surface area contributed by atoms with Gasteiger partial charge in [-0.25, -0.2) is 8.78 Å². The average molecular weight is 222 g/mol. The third-order valence-electron chi connectivity index (χ3n) is 2.78. The Morgan fingerprint density at radius 1 is 1.40 bits per heavy atom. The van der Waals surface area contributed by atoms with Gasteiger partial charge in [-0.2, -0.15) is 0 Å². The average Bonchev–Trinajstić information content (AvgIpc) is 2.20. The van der Waals surface area contributed by atoms with E-state index in [0.717, 1.165) is 25.9 Å². The van der Waals surface area contributed by atoms with Crippen LogP contribution < -0.4 is 5.32 Å². The Morgan fingerprint density at radius 3 is 2.47 bits per heavy atom. The summed E-state index contributed by atoms with van der Waals surface area (Å²) in [7, 11) is 0. The van der Waals surface area contributed by atoms with E-state index in [0.29, 0.717) is 6.04 Å². The Labute approximate surface area is 89.5 Å². The van der Waals surface area contributed by atoms with Crippen LogP contribution >= 0.6 is 0 Å². The number of aliphatic hydroxyl groups is 1. The van der Waals surface area contributed by atoms with E-state index in [1.165, 1.54) is 0 Å². The molecule has 1 aliphatic rings. The van der Waals surface area contributed by atoms with Gasteiger partial charge in [-0.05, 0) is 32.9 Å². The number of hydrogen-bond acceptors (Lipinski definition) is 3. The molecule has 2 N–H and O–H groups in total.